The van der Waals surface area contributed by atoms with E-state index in [0.29, 0.717) is 17.2 Å². The van der Waals surface area contributed by atoms with Crippen LogP contribution in [-0.4, -0.2) is 34.4 Å². The van der Waals surface area contributed by atoms with Crippen LogP contribution in [0, 0.1) is 6.92 Å². The third-order valence-corrected chi connectivity index (χ3v) is 2.95. The largest absolute Gasteiger partial charge is 0.394 e. The van der Waals surface area contributed by atoms with Crippen LogP contribution >= 0.6 is 11.6 Å². The number of nitrogen functional groups attached to an aromatic ring is 1. The fourth-order valence-corrected chi connectivity index (χ4v) is 1.93. The van der Waals surface area contributed by atoms with Gasteiger partial charge in [0.15, 0.2) is 5.82 Å². The molecule has 18 heavy (non-hydrogen) atoms. The zero-order valence-electron chi connectivity index (χ0n) is 9.90. The minimum atomic E-state index is -0.546. The van der Waals surface area contributed by atoms with Gasteiger partial charge in [0.05, 0.1) is 17.9 Å². The fourth-order valence-electron chi connectivity index (χ4n) is 1.72. The molecule has 0 aromatic carbocycles. The molecule has 3 N–H and O–H groups in total. The molecule has 96 valence electrons. The maximum absolute atomic E-state index is 11.6. The second kappa shape index (κ2) is 4.41. The Kier molecular flexibility index (Phi) is 3.08. The first-order valence-electron chi connectivity index (χ1n) is 5.30. The van der Waals surface area contributed by atoms with E-state index in [-0.39, 0.29) is 11.8 Å². The van der Waals surface area contributed by atoms with E-state index in [4.69, 9.17) is 17.3 Å². The van der Waals surface area contributed by atoms with Crippen LogP contribution in [-0.2, 0) is 9.59 Å². The highest BCUT2D eigenvalue weighted by atomic mass is 35.5. The highest BCUT2D eigenvalue weighted by molar-refractivity contribution is 6.28. The number of aryl methyl sites for hydroxylation is 1. The van der Waals surface area contributed by atoms with E-state index in [2.05, 4.69) is 15.3 Å². The molecule has 1 fully saturated rings. The highest BCUT2D eigenvalue weighted by Crippen LogP contribution is 2.27. The topological polar surface area (TPSA) is 101 Å². The Morgan fingerprint density at radius 2 is 2.11 bits per heavy atom. The number of anilines is 2. The van der Waals surface area contributed by atoms with Crippen molar-refractivity contribution in [2.45, 2.75) is 19.9 Å². The fraction of sp³-hybridized carbons (Fsp3) is 0.400. The number of imide groups is 1. The normalized spacial score (nSPS) is 19.9. The molecule has 0 spiro atoms. The number of hydrogen-bond donors (Lipinski definition) is 2. The SMILES string of the molecule is Cc1nc(Cl)nc(N2CC(=O)NC(=O)C2C)c1N. The van der Waals surface area contributed by atoms with Gasteiger partial charge in [0.1, 0.15) is 6.04 Å². The second-order valence-corrected chi connectivity index (χ2v) is 4.37. The van der Waals surface area contributed by atoms with E-state index in [0.717, 1.165) is 0 Å². The van der Waals surface area contributed by atoms with E-state index in [1.807, 2.05) is 0 Å². The molecule has 0 bridgehead atoms. The monoisotopic (exact) mass is 269 g/mol. The third-order valence-electron chi connectivity index (χ3n) is 2.78. The van der Waals surface area contributed by atoms with Gasteiger partial charge in [-0.25, -0.2) is 4.98 Å². The summed E-state index contributed by atoms with van der Waals surface area (Å²) in [4.78, 5) is 32.4. The lowest BCUT2D eigenvalue weighted by Gasteiger charge is -2.33. The summed E-state index contributed by atoms with van der Waals surface area (Å²) in [5.74, 6) is -0.480. The van der Waals surface area contributed by atoms with Gasteiger partial charge in [-0.2, -0.15) is 4.98 Å². The summed E-state index contributed by atoms with van der Waals surface area (Å²) < 4.78 is 0. The van der Waals surface area contributed by atoms with Gasteiger partial charge in [-0.15, -0.1) is 0 Å². The van der Waals surface area contributed by atoms with Crippen molar-refractivity contribution in [2.24, 2.45) is 0 Å². The number of aromatic nitrogens is 2. The molecule has 0 aliphatic carbocycles. The molecule has 1 atom stereocenters. The Morgan fingerprint density at radius 1 is 1.44 bits per heavy atom. The summed E-state index contributed by atoms with van der Waals surface area (Å²) in [6.45, 7) is 3.35. The van der Waals surface area contributed by atoms with Gasteiger partial charge in [-0.1, -0.05) is 0 Å². The van der Waals surface area contributed by atoms with Crippen molar-refractivity contribution < 1.29 is 9.59 Å². The zero-order chi connectivity index (χ0) is 13.4. The van der Waals surface area contributed by atoms with Crippen molar-refractivity contribution in [1.29, 1.82) is 0 Å². The van der Waals surface area contributed by atoms with Gasteiger partial charge in [0, 0.05) is 0 Å². The quantitative estimate of drug-likeness (QED) is 0.544. The lowest BCUT2D eigenvalue weighted by Crippen LogP contribution is -2.57. The number of nitrogens with one attached hydrogen (secondary N) is 1. The maximum Gasteiger partial charge on any atom is 0.249 e. The van der Waals surface area contributed by atoms with Gasteiger partial charge in [-0.05, 0) is 25.4 Å². The molecule has 2 rings (SSSR count). The first-order chi connectivity index (χ1) is 8.40. The number of amides is 2. The van der Waals surface area contributed by atoms with Crippen LogP contribution < -0.4 is 16.0 Å². The summed E-state index contributed by atoms with van der Waals surface area (Å²) in [6, 6.07) is -0.546. The molecule has 2 heterocycles. The number of rotatable bonds is 1. The molecule has 1 aromatic heterocycles. The third kappa shape index (κ3) is 2.08. The Morgan fingerprint density at radius 3 is 2.78 bits per heavy atom. The van der Waals surface area contributed by atoms with Crippen molar-refractivity contribution in [3.05, 3.63) is 11.0 Å². The Bertz CT molecular complexity index is 533. The summed E-state index contributed by atoms with van der Waals surface area (Å²) in [6.07, 6.45) is 0. The van der Waals surface area contributed by atoms with Crippen LogP contribution in [0.1, 0.15) is 12.6 Å². The van der Waals surface area contributed by atoms with Crippen molar-refractivity contribution in [1.82, 2.24) is 15.3 Å². The molecular formula is C10H12ClN5O2. The predicted molar refractivity (Wildman–Crippen MR) is 66.1 cm³/mol. The number of halogens is 1. The van der Waals surface area contributed by atoms with Crippen molar-refractivity contribution in [2.75, 3.05) is 17.2 Å². The van der Waals surface area contributed by atoms with Gasteiger partial charge in [-0.3, -0.25) is 14.9 Å². The highest BCUT2D eigenvalue weighted by Gasteiger charge is 2.32. The number of piperazine rings is 1. The number of nitrogens with zero attached hydrogens (tertiary/aromatic N) is 3. The molecule has 7 nitrogen and oxygen atoms in total. The molecule has 0 radical (unpaired) electrons. The Labute approximate surface area is 108 Å². The summed E-state index contributed by atoms with van der Waals surface area (Å²) in [7, 11) is 0. The maximum atomic E-state index is 11.6. The van der Waals surface area contributed by atoms with E-state index in [1.54, 1.807) is 13.8 Å². The summed E-state index contributed by atoms with van der Waals surface area (Å²) in [5, 5.41) is 2.27. The van der Waals surface area contributed by atoms with Crippen LogP contribution in [0.3, 0.4) is 0 Å². The van der Waals surface area contributed by atoms with Crippen LogP contribution in [0.4, 0.5) is 11.5 Å². The summed E-state index contributed by atoms with van der Waals surface area (Å²) >= 11 is 5.77. The zero-order valence-corrected chi connectivity index (χ0v) is 10.7. The predicted octanol–water partition coefficient (Wildman–Crippen LogP) is -0.128. The molecule has 1 aliphatic heterocycles. The van der Waals surface area contributed by atoms with Crippen molar-refractivity contribution in [3.8, 4) is 0 Å². The van der Waals surface area contributed by atoms with Crippen molar-refractivity contribution >= 4 is 34.9 Å². The van der Waals surface area contributed by atoms with E-state index < -0.39 is 17.9 Å². The molecule has 1 aromatic rings. The second-order valence-electron chi connectivity index (χ2n) is 4.03. The van der Waals surface area contributed by atoms with Crippen LogP contribution in [0.5, 0.6) is 0 Å². The van der Waals surface area contributed by atoms with Crippen LogP contribution in [0.2, 0.25) is 5.28 Å². The van der Waals surface area contributed by atoms with Gasteiger partial charge in [0.2, 0.25) is 17.1 Å². The average molecular weight is 270 g/mol. The number of nitrogens with two attached hydrogens (primary N) is 1. The standard InChI is InChI=1S/C10H12ClN5O2/c1-4-7(12)8(15-10(11)13-4)16-3-6(17)14-9(18)5(16)2/h5H,3,12H2,1-2H3,(H,14,17,18). The first-order valence-corrected chi connectivity index (χ1v) is 5.68. The molecular weight excluding hydrogens is 258 g/mol. The van der Waals surface area contributed by atoms with Gasteiger partial charge < -0.3 is 10.6 Å². The van der Waals surface area contributed by atoms with Crippen molar-refractivity contribution in [3.63, 3.8) is 0 Å². The minimum absolute atomic E-state index is 0.00386. The minimum Gasteiger partial charge on any atom is -0.394 e. The lowest BCUT2D eigenvalue weighted by molar-refractivity contribution is -0.132. The molecule has 1 unspecified atom stereocenters. The van der Waals surface area contributed by atoms with Crippen LogP contribution in [0.15, 0.2) is 0 Å². The Balaban J connectivity index is 2.47. The van der Waals surface area contributed by atoms with E-state index in [1.165, 1.54) is 4.90 Å². The van der Waals surface area contributed by atoms with Gasteiger partial charge >= 0.3 is 0 Å². The van der Waals surface area contributed by atoms with E-state index >= 15 is 0 Å². The molecule has 2 amide bonds. The average Bonchev–Trinajstić information content (AvgIpc) is 2.28. The summed E-state index contributed by atoms with van der Waals surface area (Å²) in [5.41, 5.74) is 6.69. The molecule has 1 aliphatic rings. The number of hydrogen-bond acceptors (Lipinski definition) is 6. The smallest absolute Gasteiger partial charge is 0.249 e. The molecule has 1 saturated heterocycles. The first kappa shape index (κ1) is 12.6. The lowest BCUT2D eigenvalue weighted by atomic mass is 10.2. The number of carbonyl (C=O) groups excluding carboxylic acids is 2. The van der Waals surface area contributed by atoms with E-state index in [9.17, 15) is 9.59 Å². The van der Waals surface area contributed by atoms with Gasteiger partial charge in [0.25, 0.3) is 0 Å². The Hall–Kier alpha value is -1.89. The number of carbonyl (C=O) groups is 2. The van der Waals surface area contributed by atoms with Crippen LogP contribution in [0.25, 0.3) is 0 Å². The molecule has 0 saturated carbocycles. The molecule has 8 heteroatoms.